The molecule has 0 aromatic heterocycles. The monoisotopic (exact) mass is 300 g/mol. The molecular formula is C17H10Cl2O. The minimum atomic E-state index is -0.306. The van der Waals surface area contributed by atoms with E-state index in [2.05, 4.69) is 11.8 Å². The Kier molecular flexibility index (Phi) is 3.53. The van der Waals surface area contributed by atoms with Gasteiger partial charge in [-0.05, 0) is 24.1 Å². The van der Waals surface area contributed by atoms with Crippen molar-refractivity contribution in [3.63, 3.8) is 0 Å². The fourth-order valence-corrected chi connectivity index (χ4v) is 2.82. The average molecular weight is 301 g/mol. The van der Waals surface area contributed by atoms with Gasteiger partial charge in [-0.2, -0.15) is 0 Å². The molecule has 0 bridgehead atoms. The largest absolute Gasteiger partial charge is 0.293 e. The van der Waals surface area contributed by atoms with Crippen LogP contribution in [0.15, 0.2) is 42.5 Å². The van der Waals surface area contributed by atoms with E-state index in [9.17, 15) is 4.79 Å². The van der Waals surface area contributed by atoms with Crippen molar-refractivity contribution in [2.45, 2.75) is 6.42 Å². The van der Waals surface area contributed by atoms with Gasteiger partial charge >= 0.3 is 0 Å². The number of rotatable bonds is 0. The summed E-state index contributed by atoms with van der Waals surface area (Å²) in [5, 5.41) is 1.01. The molecule has 0 N–H and O–H groups in total. The highest BCUT2D eigenvalue weighted by Gasteiger charge is 2.28. The summed E-state index contributed by atoms with van der Waals surface area (Å²) in [6, 6.07) is 12.9. The van der Waals surface area contributed by atoms with Gasteiger partial charge in [0, 0.05) is 5.56 Å². The molecule has 0 fully saturated rings. The topological polar surface area (TPSA) is 17.1 Å². The molecule has 0 spiro atoms. The normalized spacial score (nSPS) is 16.5. The Morgan fingerprint density at radius 1 is 1.00 bits per heavy atom. The number of fused-ring (bicyclic) bond motifs is 1. The van der Waals surface area contributed by atoms with Crippen molar-refractivity contribution in [1.29, 1.82) is 0 Å². The quantitative estimate of drug-likeness (QED) is 0.659. The maximum absolute atomic E-state index is 12.2. The summed E-state index contributed by atoms with van der Waals surface area (Å²) in [7, 11) is 0. The van der Waals surface area contributed by atoms with Crippen molar-refractivity contribution in [2.24, 2.45) is 5.92 Å². The SMILES string of the molecule is O=C1c2ccccc2CC1C#Cc1c(Cl)cccc1Cl. The van der Waals surface area contributed by atoms with E-state index >= 15 is 0 Å². The molecule has 1 aliphatic carbocycles. The van der Waals surface area contributed by atoms with Gasteiger partial charge in [-0.25, -0.2) is 0 Å². The van der Waals surface area contributed by atoms with Crippen molar-refractivity contribution in [3.05, 3.63) is 69.2 Å². The number of Topliss-reactive ketones (excluding diaryl/α,β-unsaturated/α-hetero) is 1. The van der Waals surface area contributed by atoms with Crippen LogP contribution in [0.3, 0.4) is 0 Å². The van der Waals surface area contributed by atoms with Crippen molar-refractivity contribution >= 4 is 29.0 Å². The second-order valence-corrected chi connectivity index (χ2v) is 5.46. The zero-order valence-corrected chi connectivity index (χ0v) is 12.0. The van der Waals surface area contributed by atoms with Crippen LogP contribution in [0.4, 0.5) is 0 Å². The van der Waals surface area contributed by atoms with Crippen molar-refractivity contribution in [3.8, 4) is 11.8 Å². The number of ketones is 1. The van der Waals surface area contributed by atoms with Crippen LogP contribution in [0.2, 0.25) is 10.0 Å². The smallest absolute Gasteiger partial charge is 0.178 e. The van der Waals surface area contributed by atoms with E-state index in [1.54, 1.807) is 18.2 Å². The molecule has 0 heterocycles. The lowest BCUT2D eigenvalue weighted by molar-refractivity contribution is 0.0964. The first kappa shape index (κ1) is 13.2. The minimum Gasteiger partial charge on any atom is -0.293 e. The Hall–Kier alpha value is -1.75. The number of carbonyl (C=O) groups is 1. The summed E-state index contributed by atoms with van der Waals surface area (Å²) >= 11 is 12.1. The number of hydrogen-bond donors (Lipinski definition) is 0. The molecule has 0 amide bonds. The van der Waals surface area contributed by atoms with E-state index < -0.39 is 0 Å². The van der Waals surface area contributed by atoms with Gasteiger partial charge in [-0.3, -0.25) is 4.79 Å². The van der Waals surface area contributed by atoms with Crippen LogP contribution in [0.5, 0.6) is 0 Å². The van der Waals surface area contributed by atoms with E-state index in [4.69, 9.17) is 23.2 Å². The number of benzene rings is 2. The third kappa shape index (κ3) is 2.33. The summed E-state index contributed by atoms with van der Waals surface area (Å²) in [5.41, 5.74) is 2.42. The Morgan fingerprint density at radius 2 is 1.70 bits per heavy atom. The van der Waals surface area contributed by atoms with Gasteiger partial charge in [-0.1, -0.05) is 65.4 Å². The third-order valence-corrected chi connectivity index (χ3v) is 3.99. The zero-order chi connectivity index (χ0) is 14.1. The van der Waals surface area contributed by atoms with Crippen LogP contribution in [0.1, 0.15) is 21.5 Å². The highest BCUT2D eigenvalue weighted by atomic mass is 35.5. The third-order valence-electron chi connectivity index (χ3n) is 3.36. The van der Waals surface area contributed by atoms with E-state index in [0.29, 0.717) is 22.0 Å². The van der Waals surface area contributed by atoms with Crippen molar-refractivity contribution in [2.75, 3.05) is 0 Å². The van der Waals surface area contributed by atoms with E-state index in [0.717, 1.165) is 11.1 Å². The predicted octanol–water partition coefficient (Wildman–Crippen LogP) is 4.40. The second-order valence-electron chi connectivity index (χ2n) is 4.64. The van der Waals surface area contributed by atoms with Crippen LogP contribution < -0.4 is 0 Å². The Bertz CT molecular complexity index is 733. The maximum Gasteiger partial charge on any atom is 0.178 e. The molecular weight excluding hydrogens is 291 g/mol. The predicted molar refractivity (Wildman–Crippen MR) is 81.3 cm³/mol. The maximum atomic E-state index is 12.2. The summed E-state index contributed by atoms with van der Waals surface area (Å²) in [5.74, 6) is 5.74. The lowest BCUT2D eigenvalue weighted by atomic mass is 10.1. The second kappa shape index (κ2) is 5.32. The summed E-state index contributed by atoms with van der Waals surface area (Å²) < 4.78 is 0. The molecule has 1 unspecified atom stereocenters. The van der Waals surface area contributed by atoms with Gasteiger partial charge in [0.1, 0.15) is 0 Å². The van der Waals surface area contributed by atoms with Gasteiger partial charge < -0.3 is 0 Å². The molecule has 20 heavy (non-hydrogen) atoms. The fourth-order valence-electron chi connectivity index (χ4n) is 2.33. The first-order valence-corrected chi connectivity index (χ1v) is 7.00. The Labute approximate surface area is 127 Å². The molecule has 0 saturated carbocycles. The molecule has 0 radical (unpaired) electrons. The van der Waals surface area contributed by atoms with Gasteiger partial charge in [0.05, 0.1) is 21.5 Å². The molecule has 3 heteroatoms. The van der Waals surface area contributed by atoms with Crippen molar-refractivity contribution < 1.29 is 4.79 Å². The van der Waals surface area contributed by atoms with Crippen LogP contribution in [0.25, 0.3) is 0 Å². The molecule has 2 aromatic carbocycles. The fraction of sp³-hybridized carbons (Fsp3) is 0.118. The van der Waals surface area contributed by atoms with E-state index in [-0.39, 0.29) is 11.7 Å². The number of halogens is 2. The number of hydrogen-bond acceptors (Lipinski definition) is 1. The van der Waals surface area contributed by atoms with E-state index in [1.165, 1.54) is 0 Å². The molecule has 0 saturated heterocycles. The van der Waals surface area contributed by atoms with Gasteiger partial charge in [0.2, 0.25) is 0 Å². The minimum absolute atomic E-state index is 0.0799. The molecule has 1 atom stereocenters. The highest BCUT2D eigenvalue weighted by Crippen LogP contribution is 2.27. The van der Waals surface area contributed by atoms with Crippen LogP contribution in [-0.2, 0) is 6.42 Å². The van der Waals surface area contributed by atoms with Gasteiger partial charge in [0.25, 0.3) is 0 Å². The first-order valence-electron chi connectivity index (χ1n) is 6.24. The Balaban J connectivity index is 1.92. The standard InChI is InChI=1S/C17H10Cl2O/c18-15-6-3-7-16(19)14(15)9-8-12-10-11-4-1-2-5-13(11)17(12)20/h1-7,12H,10H2. The number of carbonyl (C=O) groups excluding carboxylic acids is 1. The van der Waals surface area contributed by atoms with Crippen LogP contribution in [-0.4, -0.2) is 5.78 Å². The molecule has 98 valence electrons. The van der Waals surface area contributed by atoms with Gasteiger partial charge in [-0.15, -0.1) is 0 Å². The molecule has 2 aromatic rings. The van der Waals surface area contributed by atoms with Crippen molar-refractivity contribution in [1.82, 2.24) is 0 Å². The van der Waals surface area contributed by atoms with Crippen LogP contribution in [0, 0.1) is 17.8 Å². The lowest BCUT2D eigenvalue weighted by Crippen LogP contribution is -2.05. The molecule has 1 nitrogen and oxygen atoms in total. The van der Waals surface area contributed by atoms with Crippen LogP contribution >= 0.6 is 23.2 Å². The average Bonchev–Trinajstić information content (AvgIpc) is 2.76. The zero-order valence-electron chi connectivity index (χ0n) is 10.5. The lowest BCUT2D eigenvalue weighted by Gasteiger charge is -1.99. The van der Waals surface area contributed by atoms with E-state index in [1.807, 2.05) is 24.3 Å². The first-order chi connectivity index (χ1) is 9.66. The molecule has 3 rings (SSSR count). The summed E-state index contributed by atoms with van der Waals surface area (Å²) in [6.07, 6.45) is 0.657. The summed E-state index contributed by atoms with van der Waals surface area (Å²) in [4.78, 5) is 12.2. The van der Waals surface area contributed by atoms with Gasteiger partial charge in [0.15, 0.2) is 5.78 Å². The molecule has 0 aliphatic heterocycles. The molecule has 1 aliphatic rings. The highest BCUT2D eigenvalue weighted by molar-refractivity contribution is 6.36. The summed E-state index contributed by atoms with van der Waals surface area (Å²) in [6.45, 7) is 0. The Morgan fingerprint density at radius 3 is 2.40 bits per heavy atom.